The monoisotopic (exact) mass is 635 g/mol. The molecule has 0 N–H and O–H groups in total. The maximum atomic E-state index is 13.5. The van der Waals surface area contributed by atoms with Crippen LogP contribution in [0.25, 0.3) is 0 Å². The summed E-state index contributed by atoms with van der Waals surface area (Å²) in [4.78, 5) is 46.8. The molecule has 0 aliphatic rings. The van der Waals surface area contributed by atoms with Gasteiger partial charge in [-0.25, -0.2) is 4.79 Å². The fourth-order valence-electron chi connectivity index (χ4n) is 4.13. The number of hydrogen-bond donors (Lipinski definition) is 0. The lowest BCUT2D eigenvalue weighted by Gasteiger charge is -2.08. The van der Waals surface area contributed by atoms with Crippen LogP contribution in [-0.2, 0) is 4.84 Å². The van der Waals surface area contributed by atoms with Gasteiger partial charge in [-0.15, -0.1) is 11.8 Å². The summed E-state index contributed by atoms with van der Waals surface area (Å²) in [6.45, 7) is 0. The van der Waals surface area contributed by atoms with Crippen LogP contribution < -0.4 is 0 Å². The Hall–Kier alpha value is -4.43. The van der Waals surface area contributed by atoms with E-state index in [4.69, 9.17) is 16.4 Å². The van der Waals surface area contributed by atoms with Crippen LogP contribution in [0.3, 0.4) is 0 Å². The van der Waals surface area contributed by atoms with Crippen LogP contribution in [0.2, 0.25) is 5.02 Å². The highest BCUT2D eigenvalue weighted by molar-refractivity contribution is 7.99. The largest absolute Gasteiger partial charge is 0.365 e. The van der Waals surface area contributed by atoms with Crippen LogP contribution in [-0.4, -0.2) is 29.0 Å². The molecule has 44 heavy (non-hydrogen) atoms. The number of thioether (sulfide) groups is 1. The lowest BCUT2D eigenvalue weighted by atomic mass is 10.0. The van der Waals surface area contributed by atoms with E-state index < -0.39 is 5.97 Å². The molecule has 0 aromatic heterocycles. The van der Waals surface area contributed by atoms with Gasteiger partial charge in [0, 0.05) is 48.6 Å². The second-order valence-electron chi connectivity index (χ2n) is 9.51. The minimum atomic E-state index is -0.635. The third-order valence-corrected chi connectivity index (χ3v) is 8.72. The van der Waals surface area contributed by atoms with Crippen molar-refractivity contribution in [1.82, 2.24) is 0 Å². The molecular weight excluding hydrogens is 610 g/mol. The van der Waals surface area contributed by atoms with Crippen molar-refractivity contribution in [3.8, 4) is 0 Å². The van der Waals surface area contributed by atoms with E-state index in [1.165, 1.54) is 11.8 Å². The first-order valence-corrected chi connectivity index (χ1v) is 15.9. The van der Waals surface area contributed by atoms with Gasteiger partial charge in [0.05, 0.1) is 5.56 Å². The molecule has 5 aromatic carbocycles. The lowest BCUT2D eigenvalue weighted by Crippen LogP contribution is -2.17. The zero-order valence-corrected chi connectivity index (χ0v) is 25.8. The second kappa shape index (κ2) is 15.3. The summed E-state index contributed by atoms with van der Waals surface area (Å²) in [6.07, 6.45) is 0.290. The molecule has 0 atom stereocenters. The number of benzene rings is 5. The van der Waals surface area contributed by atoms with Crippen molar-refractivity contribution >= 4 is 58.4 Å². The first-order valence-electron chi connectivity index (χ1n) is 13.7. The Labute approximate surface area is 269 Å². The van der Waals surface area contributed by atoms with Crippen LogP contribution in [0.15, 0.2) is 153 Å². The molecule has 0 aliphatic carbocycles. The highest BCUT2D eigenvalue weighted by Gasteiger charge is 2.17. The fraction of sp³-hybridized carbons (Fsp3) is 0.0556. The third kappa shape index (κ3) is 8.57. The Kier molecular flexibility index (Phi) is 10.8. The van der Waals surface area contributed by atoms with E-state index in [0.29, 0.717) is 39.5 Å². The minimum Gasteiger partial charge on any atom is -0.312 e. The standard InChI is InChI=1S/C36H26ClNO4S2/c37-29-15-21-30(22-16-29)43-24-23-33(38-42-36(41)28-9-5-2-6-10-28)35(40)27-13-19-32(20-14-27)44-31-17-11-26(12-18-31)34(39)25-7-3-1-4-8-25/h1-22H,23-24H2/b38-33+. The molecule has 0 bridgehead atoms. The van der Waals surface area contributed by atoms with Gasteiger partial charge in [-0.05, 0) is 84.9 Å². The van der Waals surface area contributed by atoms with Gasteiger partial charge in [0.2, 0.25) is 5.78 Å². The summed E-state index contributed by atoms with van der Waals surface area (Å²) in [7, 11) is 0. The van der Waals surface area contributed by atoms with Gasteiger partial charge >= 0.3 is 5.97 Å². The van der Waals surface area contributed by atoms with E-state index in [0.717, 1.165) is 14.7 Å². The van der Waals surface area contributed by atoms with Gasteiger partial charge in [0.25, 0.3) is 0 Å². The number of nitrogens with zero attached hydrogens (tertiary/aromatic N) is 1. The summed E-state index contributed by atoms with van der Waals surface area (Å²) < 4.78 is 0. The predicted molar refractivity (Wildman–Crippen MR) is 177 cm³/mol. The molecule has 0 saturated carbocycles. The Morgan fingerprint density at radius 2 is 1.09 bits per heavy atom. The average molecular weight is 636 g/mol. The quantitative estimate of drug-likeness (QED) is 0.0447. The number of rotatable bonds is 12. The van der Waals surface area contributed by atoms with Gasteiger partial charge in [0.15, 0.2) is 5.78 Å². The molecule has 0 spiro atoms. The van der Waals surface area contributed by atoms with Crippen LogP contribution in [0.1, 0.15) is 43.1 Å². The van der Waals surface area contributed by atoms with Gasteiger partial charge < -0.3 is 4.84 Å². The van der Waals surface area contributed by atoms with Gasteiger partial charge in [-0.3, -0.25) is 9.59 Å². The SMILES string of the molecule is O=C(O/N=C(\CCSc1ccc(Cl)cc1)C(=O)c1ccc(Sc2ccc(C(=O)c3ccccc3)cc2)cc1)c1ccccc1. The van der Waals surface area contributed by atoms with Crippen LogP contribution in [0.4, 0.5) is 0 Å². The van der Waals surface area contributed by atoms with Crippen molar-refractivity contribution in [2.24, 2.45) is 5.16 Å². The average Bonchev–Trinajstić information content (AvgIpc) is 3.08. The van der Waals surface area contributed by atoms with Gasteiger partial charge in [-0.2, -0.15) is 0 Å². The molecule has 0 saturated heterocycles. The molecule has 0 amide bonds. The molecule has 0 fully saturated rings. The Morgan fingerprint density at radius 3 is 1.68 bits per heavy atom. The highest BCUT2D eigenvalue weighted by Crippen LogP contribution is 2.29. The lowest BCUT2D eigenvalue weighted by molar-refractivity contribution is 0.0514. The Bertz CT molecular complexity index is 1760. The number of hydrogen-bond acceptors (Lipinski definition) is 7. The summed E-state index contributed by atoms with van der Waals surface area (Å²) in [5.74, 6) is -0.429. The van der Waals surface area contributed by atoms with E-state index >= 15 is 0 Å². The fourth-order valence-corrected chi connectivity index (χ4v) is 5.93. The van der Waals surface area contributed by atoms with Gasteiger partial charge in [-0.1, -0.05) is 77.0 Å². The number of Topliss-reactive ketones (excluding diaryl/α,β-unsaturated/α-hetero) is 1. The molecule has 0 unspecified atom stereocenters. The molecule has 0 heterocycles. The zero-order valence-electron chi connectivity index (χ0n) is 23.4. The zero-order chi connectivity index (χ0) is 30.7. The maximum Gasteiger partial charge on any atom is 0.365 e. The molecule has 5 nitrogen and oxygen atoms in total. The Balaban J connectivity index is 1.25. The molecule has 5 rings (SSSR count). The number of carbonyl (C=O) groups excluding carboxylic acids is 3. The van der Waals surface area contributed by atoms with E-state index in [9.17, 15) is 14.4 Å². The summed E-state index contributed by atoms with van der Waals surface area (Å²) in [6, 6.07) is 39.8. The van der Waals surface area contributed by atoms with Crippen LogP contribution >= 0.6 is 35.1 Å². The number of oxime groups is 1. The summed E-state index contributed by atoms with van der Waals surface area (Å²) in [5.41, 5.74) is 2.20. The van der Waals surface area contributed by atoms with Crippen molar-refractivity contribution in [1.29, 1.82) is 0 Å². The van der Waals surface area contributed by atoms with E-state index in [2.05, 4.69) is 5.16 Å². The molecule has 8 heteroatoms. The summed E-state index contributed by atoms with van der Waals surface area (Å²) in [5, 5.41) is 4.66. The third-order valence-electron chi connectivity index (χ3n) is 6.44. The first kappa shape index (κ1) is 31.0. The number of halogens is 1. The van der Waals surface area contributed by atoms with Crippen molar-refractivity contribution < 1.29 is 19.2 Å². The molecular formula is C36H26ClNO4S2. The highest BCUT2D eigenvalue weighted by atomic mass is 35.5. The second-order valence-corrected chi connectivity index (χ2v) is 12.3. The van der Waals surface area contributed by atoms with Crippen molar-refractivity contribution in [3.05, 3.63) is 161 Å². The Morgan fingerprint density at radius 1 is 0.591 bits per heavy atom. The van der Waals surface area contributed by atoms with E-state index in [1.807, 2.05) is 78.9 Å². The molecule has 5 aromatic rings. The molecule has 0 aliphatic heterocycles. The van der Waals surface area contributed by atoms with Crippen LogP contribution in [0, 0.1) is 0 Å². The van der Waals surface area contributed by atoms with Crippen molar-refractivity contribution in [2.45, 2.75) is 21.1 Å². The summed E-state index contributed by atoms with van der Waals surface area (Å²) >= 11 is 9.06. The topological polar surface area (TPSA) is 72.8 Å². The van der Waals surface area contributed by atoms with Crippen molar-refractivity contribution in [2.75, 3.05) is 5.75 Å². The van der Waals surface area contributed by atoms with Gasteiger partial charge in [0.1, 0.15) is 5.71 Å². The maximum absolute atomic E-state index is 13.5. The van der Waals surface area contributed by atoms with E-state index in [1.54, 1.807) is 66.4 Å². The molecule has 0 radical (unpaired) electrons. The van der Waals surface area contributed by atoms with Crippen LogP contribution in [0.5, 0.6) is 0 Å². The van der Waals surface area contributed by atoms with E-state index in [-0.39, 0.29) is 17.3 Å². The normalized spacial score (nSPS) is 11.2. The molecule has 218 valence electrons. The number of ketones is 2. The predicted octanol–water partition coefficient (Wildman–Crippen LogP) is 9.30. The smallest absolute Gasteiger partial charge is 0.312 e. The first-order chi connectivity index (χ1) is 21.5. The number of carbonyl (C=O) groups is 3. The van der Waals surface area contributed by atoms with Crippen molar-refractivity contribution in [3.63, 3.8) is 0 Å². The minimum absolute atomic E-state index is 0.0245.